The van der Waals surface area contributed by atoms with E-state index in [4.69, 9.17) is 4.42 Å². The minimum atomic E-state index is -0.0256. The summed E-state index contributed by atoms with van der Waals surface area (Å²) in [5.41, 5.74) is 1.95. The molecule has 0 radical (unpaired) electrons. The van der Waals surface area contributed by atoms with E-state index in [0.29, 0.717) is 17.5 Å². The summed E-state index contributed by atoms with van der Waals surface area (Å²) in [5.74, 6) is 1.08. The number of nitrogens with zero attached hydrogens (tertiary/aromatic N) is 1. The first-order valence-corrected chi connectivity index (χ1v) is 7.01. The van der Waals surface area contributed by atoms with Crippen LogP contribution in [0.2, 0.25) is 0 Å². The van der Waals surface area contributed by atoms with Gasteiger partial charge in [0, 0.05) is 6.54 Å². The molecule has 0 saturated carbocycles. The van der Waals surface area contributed by atoms with Gasteiger partial charge in [-0.2, -0.15) is 0 Å². The summed E-state index contributed by atoms with van der Waals surface area (Å²) in [5, 5.41) is 3.41. The first-order valence-electron chi connectivity index (χ1n) is 6.02. The predicted octanol–water partition coefficient (Wildman–Crippen LogP) is 2.70. The Hall–Kier alpha value is -1.75. The van der Waals surface area contributed by atoms with Crippen LogP contribution in [0, 0.1) is 13.8 Å². The van der Waals surface area contributed by atoms with Crippen molar-refractivity contribution in [2.75, 3.05) is 5.75 Å². The van der Waals surface area contributed by atoms with E-state index in [1.807, 2.05) is 44.2 Å². The standard InChI is InChI=1S/C14H16N2O2S/c1-10-11(2)18-14(16-10)19-9-13(17)15-8-12-6-4-3-5-7-12/h3-7H,8-9H2,1-2H3,(H,15,17). The lowest BCUT2D eigenvalue weighted by atomic mass is 10.2. The Morgan fingerprint density at radius 1 is 1.32 bits per heavy atom. The van der Waals surface area contributed by atoms with Crippen molar-refractivity contribution in [3.63, 3.8) is 0 Å². The van der Waals surface area contributed by atoms with Crippen molar-refractivity contribution in [1.29, 1.82) is 0 Å². The Bertz CT molecular complexity index is 532. The number of benzene rings is 1. The van der Waals surface area contributed by atoms with Gasteiger partial charge in [0.15, 0.2) is 0 Å². The maximum absolute atomic E-state index is 11.7. The quantitative estimate of drug-likeness (QED) is 0.853. The molecule has 0 bridgehead atoms. The number of oxazole rings is 1. The van der Waals surface area contributed by atoms with E-state index >= 15 is 0 Å². The van der Waals surface area contributed by atoms with Crippen molar-refractivity contribution < 1.29 is 9.21 Å². The molecule has 1 N–H and O–H groups in total. The second-order valence-corrected chi connectivity index (χ2v) is 5.10. The Morgan fingerprint density at radius 2 is 2.05 bits per heavy atom. The lowest BCUT2D eigenvalue weighted by Gasteiger charge is -2.03. The number of carbonyl (C=O) groups is 1. The molecule has 0 fully saturated rings. The fourth-order valence-corrected chi connectivity index (χ4v) is 2.22. The van der Waals surface area contributed by atoms with Crippen LogP contribution >= 0.6 is 11.8 Å². The molecule has 0 atom stereocenters. The lowest BCUT2D eigenvalue weighted by Crippen LogP contribution is -2.24. The predicted molar refractivity (Wildman–Crippen MR) is 75.0 cm³/mol. The van der Waals surface area contributed by atoms with Gasteiger partial charge in [-0.1, -0.05) is 42.1 Å². The number of nitrogens with one attached hydrogen (secondary N) is 1. The Balaban J connectivity index is 1.76. The lowest BCUT2D eigenvalue weighted by molar-refractivity contribution is -0.118. The number of aryl methyl sites for hydroxylation is 2. The number of hydrogen-bond donors (Lipinski definition) is 1. The third kappa shape index (κ3) is 4.13. The van der Waals surface area contributed by atoms with Crippen molar-refractivity contribution >= 4 is 17.7 Å². The number of aromatic nitrogens is 1. The third-order valence-electron chi connectivity index (χ3n) is 2.67. The summed E-state index contributed by atoms with van der Waals surface area (Å²) in [6.45, 7) is 4.30. The Kier molecular flexibility index (Phi) is 4.63. The van der Waals surface area contributed by atoms with Crippen LogP contribution in [-0.4, -0.2) is 16.6 Å². The van der Waals surface area contributed by atoms with Gasteiger partial charge in [-0.05, 0) is 19.4 Å². The first-order chi connectivity index (χ1) is 9.15. The first kappa shape index (κ1) is 13.7. The molecule has 0 aliphatic rings. The molecule has 2 aromatic rings. The van der Waals surface area contributed by atoms with Crippen LogP contribution in [0.1, 0.15) is 17.0 Å². The molecular weight excluding hydrogens is 260 g/mol. The summed E-state index contributed by atoms with van der Waals surface area (Å²) in [7, 11) is 0. The van der Waals surface area contributed by atoms with Crippen molar-refractivity contribution in [2.24, 2.45) is 0 Å². The van der Waals surface area contributed by atoms with Gasteiger partial charge in [0.2, 0.25) is 5.91 Å². The van der Waals surface area contributed by atoms with Crippen LogP contribution in [0.15, 0.2) is 40.0 Å². The van der Waals surface area contributed by atoms with E-state index < -0.39 is 0 Å². The number of carbonyl (C=O) groups excluding carboxylic acids is 1. The van der Waals surface area contributed by atoms with Crippen molar-refractivity contribution in [1.82, 2.24) is 10.3 Å². The van der Waals surface area contributed by atoms with Crippen molar-refractivity contribution in [2.45, 2.75) is 25.6 Å². The number of thioether (sulfide) groups is 1. The van der Waals surface area contributed by atoms with Crippen LogP contribution in [0.5, 0.6) is 0 Å². The molecule has 1 heterocycles. The molecule has 0 aliphatic carbocycles. The van der Waals surface area contributed by atoms with Crippen LogP contribution in [0.3, 0.4) is 0 Å². The molecule has 0 unspecified atom stereocenters. The monoisotopic (exact) mass is 276 g/mol. The number of hydrogen-bond acceptors (Lipinski definition) is 4. The minimum absolute atomic E-state index is 0.0256. The normalized spacial score (nSPS) is 10.4. The Morgan fingerprint density at radius 3 is 2.68 bits per heavy atom. The van der Waals surface area contributed by atoms with Gasteiger partial charge < -0.3 is 9.73 Å². The van der Waals surface area contributed by atoms with E-state index in [0.717, 1.165) is 17.0 Å². The van der Waals surface area contributed by atoms with Crippen LogP contribution < -0.4 is 5.32 Å². The topological polar surface area (TPSA) is 55.1 Å². The summed E-state index contributed by atoms with van der Waals surface area (Å²) in [6.07, 6.45) is 0. The highest BCUT2D eigenvalue weighted by Crippen LogP contribution is 2.19. The summed E-state index contributed by atoms with van der Waals surface area (Å²) < 4.78 is 5.40. The van der Waals surface area contributed by atoms with E-state index in [1.165, 1.54) is 11.8 Å². The Labute approximate surface area is 116 Å². The minimum Gasteiger partial charge on any atom is -0.437 e. The average molecular weight is 276 g/mol. The second kappa shape index (κ2) is 6.43. The molecular formula is C14H16N2O2S. The number of rotatable bonds is 5. The molecule has 2 rings (SSSR count). The summed E-state index contributed by atoms with van der Waals surface area (Å²) >= 11 is 1.31. The van der Waals surface area contributed by atoms with Crippen LogP contribution in [-0.2, 0) is 11.3 Å². The van der Waals surface area contributed by atoms with Crippen molar-refractivity contribution in [3.8, 4) is 0 Å². The van der Waals surface area contributed by atoms with Gasteiger partial charge in [0.25, 0.3) is 5.22 Å². The molecule has 0 saturated heterocycles. The fourth-order valence-electron chi connectivity index (χ4n) is 1.48. The highest BCUT2D eigenvalue weighted by atomic mass is 32.2. The van der Waals surface area contributed by atoms with Crippen LogP contribution in [0.4, 0.5) is 0 Å². The smallest absolute Gasteiger partial charge is 0.256 e. The average Bonchev–Trinajstić information content (AvgIpc) is 2.74. The SMILES string of the molecule is Cc1nc(SCC(=O)NCc2ccccc2)oc1C. The van der Waals surface area contributed by atoms with E-state index in [1.54, 1.807) is 0 Å². The van der Waals surface area contributed by atoms with Crippen LogP contribution in [0.25, 0.3) is 0 Å². The summed E-state index contributed by atoms with van der Waals surface area (Å²) in [6, 6.07) is 9.82. The number of amides is 1. The zero-order valence-corrected chi connectivity index (χ0v) is 11.8. The largest absolute Gasteiger partial charge is 0.437 e. The van der Waals surface area contributed by atoms with Gasteiger partial charge in [-0.25, -0.2) is 4.98 Å². The zero-order valence-electron chi connectivity index (χ0n) is 11.0. The van der Waals surface area contributed by atoms with Gasteiger partial charge in [0.05, 0.1) is 11.4 Å². The molecule has 0 aliphatic heterocycles. The maximum Gasteiger partial charge on any atom is 0.256 e. The maximum atomic E-state index is 11.7. The molecule has 1 aromatic heterocycles. The molecule has 0 spiro atoms. The van der Waals surface area contributed by atoms with Gasteiger partial charge in [-0.15, -0.1) is 0 Å². The molecule has 100 valence electrons. The summed E-state index contributed by atoms with van der Waals surface area (Å²) in [4.78, 5) is 15.9. The molecule has 5 heteroatoms. The highest BCUT2D eigenvalue weighted by molar-refractivity contribution is 7.99. The third-order valence-corrected chi connectivity index (χ3v) is 3.50. The van der Waals surface area contributed by atoms with E-state index in [-0.39, 0.29) is 5.91 Å². The zero-order chi connectivity index (χ0) is 13.7. The van der Waals surface area contributed by atoms with Gasteiger partial charge in [-0.3, -0.25) is 4.79 Å². The molecule has 4 nitrogen and oxygen atoms in total. The second-order valence-electron chi connectivity index (χ2n) is 4.17. The van der Waals surface area contributed by atoms with Crippen molar-refractivity contribution in [3.05, 3.63) is 47.3 Å². The molecule has 1 amide bonds. The highest BCUT2D eigenvalue weighted by Gasteiger charge is 2.09. The van der Waals surface area contributed by atoms with Gasteiger partial charge in [0.1, 0.15) is 5.76 Å². The molecule has 1 aromatic carbocycles. The molecule has 19 heavy (non-hydrogen) atoms. The van der Waals surface area contributed by atoms with E-state index in [2.05, 4.69) is 10.3 Å². The van der Waals surface area contributed by atoms with E-state index in [9.17, 15) is 4.79 Å². The fraction of sp³-hybridized carbons (Fsp3) is 0.286. The van der Waals surface area contributed by atoms with Gasteiger partial charge >= 0.3 is 0 Å².